The second kappa shape index (κ2) is 7.62. The molecule has 0 aromatic heterocycles. The van der Waals surface area contributed by atoms with E-state index in [2.05, 4.69) is 10.2 Å². The van der Waals surface area contributed by atoms with Crippen LogP contribution >= 0.6 is 0 Å². The van der Waals surface area contributed by atoms with Gasteiger partial charge in [-0.25, -0.2) is 0 Å². The Bertz CT molecular complexity index is 340. The number of carbonyl (C=O) groups is 2. The van der Waals surface area contributed by atoms with Gasteiger partial charge in [0.1, 0.15) is 0 Å². The van der Waals surface area contributed by atoms with Crippen molar-refractivity contribution < 1.29 is 9.59 Å². The van der Waals surface area contributed by atoms with Gasteiger partial charge in [0.2, 0.25) is 11.8 Å². The molecule has 1 atom stereocenters. The minimum atomic E-state index is -0.135. The molecule has 2 saturated heterocycles. The van der Waals surface area contributed by atoms with Crippen LogP contribution in [0.1, 0.15) is 45.4 Å². The summed E-state index contributed by atoms with van der Waals surface area (Å²) < 4.78 is 0. The van der Waals surface area contributed by atoms with Crippen molar-refractivity contribution in [3.63, 3.8) is 0 Å². The molecule has 2 heterocycles. The molecule has 0 spiro atoms. The van der Waals surface area contributed by atoms with Crippen LogP contribution in [0, 0.1) is 0 Å². The largest absolute Gasteiger partial charge is 0.347 e. The molecule has 5 heteroatoms. The first-order valence-corrected chi connectivity index (χ1v) is 7.93. The van der Waals surface area contributed by atoms with E-state index in [0.29, 0.717) is 6.04 Å². The molecule has 2 amide bonds. The predicted molar refractivity (Wildman–Crippen MR) is 78.3 cm³/mol. The van der Waals surface area contributed by atoms with E-state index in [-0.39, 0.29) is 18.4 Å². The Morgan fingerprint density at radius 2 is 1.80 bits per heavy atom. The van der Waals surface area contributed by atoms with E-state index in [1.165, 1.54) is 39.3 Å². The number of nitrogens with one attached hydrogen (secondary N) is 1. The van der Waals surface area contributed by atoms with Crippen LogP contribution in [0.25, 0.3) is 0 Å². The molecule has 1 unspecified atom stereocenters. The normalized spacial score (nSPS) is 23.9. The molecule has 0 radical (unpaired) electrons. The molecule has 2 aliphatic heterocycles. The molecule has 20 heavy (non-hydrogen) atoms. The van der Waals surface area contributed by atoms with E-state index in [1.807, 2.05) is 4.90 Å². The van der Waals surface area contributed by atoms with E-state index in [9.17, 15) is 9.59 Å². The Morgan fingerprint density at radius 1 is 1.10 bits per heavy atom. The van der Waals surface area contributed by atoms with E-state index in [0.717, 1.165) is 32.4 Å². The van der Waals surface area contributed by atoms with Gasteiger partial charge in [0, 0.05) is 26.1 Å². The molecule has 0 saturated carbocycles. The van der Waals surface area contributed by atoms with Gasteiger partial charge >= 0.3 is 0 Å². The summed E-state index contributed by atoms with van der Waals surface area (Å²) in [4.78, 5) is 27.6. The summed E-state index contributed by atoms with van der Waals surface area (Å²) in [5, 5.41) is 2.62. The topological polar surface area (TPSA) is 52.7 Å². The number of carbonyl (C=O) groups excluding carboxylic acids is 2. The Hall–Kier alpha value is -1.10. The van der Waals surface area contributed by atoms with Gasteiger partial charge in [0.05, 0.1) is 6.54 Å². The van der Waals surface area contributed by atoms with Crippen molar-refractivity contribution in [2.75, 3.05) is 32.7 Å². The van der Waals surface area contributed by atoms with E-state index in [4.69, 9.17) is 0 Å². The highest BCUT2D eigenvalue weighted by Gasteiger charge is 2.27. The lowest BCUT2D eigenvalue weighted by Crippen LogP contribution is -2.48. The number of nitrogens with zero attached hydrogens (tertiary/aromatic N) is 2. The van der Waals surface area contributed by atoms with Gasteiger partial charge in [-0.3, -0.25) is 9.59 Å². The minimum Gasteiger partial charge on any atom is -0.347 e. The maximum Gasteiger partial charge on any atom is 0.242 e. The van der Waals surface area contributed by atoms with Crippen LogP contribution in [-0.4, -0.2) is 60.4 Å². The molecule has 2 fully saturated rings. The zero-order valence-electron chi connectivity index (χ0n) is 12.6. The maximum atomic E-state index is 12.2. The Morgan fingerprint density at radius 3 is 2.50 bits per heavy atom. The highest BCUT2D eigenvalue weighted by atomic mass is 16.2. The molecular weight excluding hydrogens is 254 g/mol. The van der Waals surface area contributed by atoms with Gasteiger partial charge in [-0.15, -0.1) is 0 Å². The van der Waals surface area contributed by atoms with Gasteiger partial charge in [0.25, 0.3) is 0 Å². The first-order valence-electron chi connectivity index (χ1n) is 7.93. The summed E-state index contributed by atoms with van der Waals surface area (Å²) in [7, 11) is 0. The highest BCUT2D eigenvalue weighted by Crippen LogP contribution is 2.21. The van der Waals surface area contributed by atoms with Gasteiger partial charge in [-0.1, -0.05) is 0 Å². The zero-order chi connectivity index (χ0) is 14.4. The molecule has 0 aromatic rings. The standard InChI is InChI=1S/C15H27N3O2/c1-13(19)16-12-15(20)18-10-3-2-6-14(18)7-11-17-8-4-5-9-17/h14H,2-12H2,1H3,(H,16,19). The van der Waals surface area contributed by atoms with Gasteiger partial charge in [-0.2, -0.15) is 0 Å². The number of amides is 2. The summed E-state index contributed by atoms with van der Waals surface area (Å²) in [5.74, 6) is -0.0599. The van der Waals surface area contributed by atoms with Crippen molar-refractivity contribution in [3.05, 3.63) is 0 Å². The van der Waals surface area contributed by atoms with Gasteiger partial charge in [0.15, 0.2) is 0 Å². The number of likely N-dealkylation sites (tertiary alicyclic amines) is 2. The molecule has 0 aromatic carbocycles. The second-order valence-corrected chi connectivity index (χ2v) is 5.98. The van der Waals surface area contributed by atoms with E-state index >= 15 is 0 Å². The van der Waals surface area contributed by atoms with Crippen molar-refractivity contribution in [1.82, 2.24) is 15.1 Å². The third-order valence-corrected chi connectivity index (χ3v) is 4.41. The van der Waals surface area contributed by atoms with Crippen LogP contribution in [-0.2, 0) is 9.59 Å². The van der Waals surface area contributed by atoms with E-state index < -0.39 is 0 Å². The fourth-order valence-electron chi connectivity index (χ4n) is 3.27. The highest BCUT2D eigenvalue weighted by molar-refractivity contribution is 5.83. The van der Waals surface area contributed by atoms with Crippen molar-refractivity contribution in [1.29, 1.82) is 0 Å². The fraction of sp³-hybridized carbons (Fsp3) is 0.867. The van der Waals surface area contributed by atoms with Crippen LogP contribution in [0.4, 0.5) is 0 Å². The number of piperidine rings is 1. The molecule has 0 aliphatic carbocycles. The Labute approximate surface area is 121 Å². The molecule has 2 rings (SSSR count). The van der Waals surface area contributed by atoms with Crippen LogP contribution < -0.4 is 5.32 Å². The first-order chi connectivity index (χ1) is 9.66. The lowest BCUT2D eigenvalue weighted by molar-refractivity contribution is -0.135. The van der Waals surface area contributed by atoms with Crippen molar-refractivity contribution in [3.8, 4) is 0 Å². The molecular formula is C15H27N3O2. The quantitative estimate of drug-likeness (QED) is 0.817. The summed E-state index contributed by atoms with van der Waals surface area (Å²) in [6, 6.07) is 0.366. The van der Waals surface area contributed by atoms with Crippen LogP contribution in [0.3, 0.4) is 0 Å². The predicted octanol–water partition coefficient (Wildman–Crippen LogP) is 0.989. The van der Waals surface area contributed by atoms with Crippen LogP contribution in [0.5, 0.6) is 0 Å². The van der Waals surface area contributed by atoms with Crippen molar-refractivity contribution in [2.45, 2.75) is 51.5 Å². The monoisotopic (exact) mass is 281 g/mol. The molecule has 2 aliphatic rings. The van der Waals surface area contributed by atoms with Crippen molar-refractivity contribution in [2.24, 2.45) is 0 Å². The zero-order valence-corrected chi connectivity index (χ0v) is 12.6. The maximum absolute atomic E-state index is 12.2. The molecule has 0 bridgehead atoms. The van der Waals surface area contributed by atoms with E-state index in [1.54, 1.807) is 0 Å². The average molecular weight is 281 g/mol. The molecule has 114 valence electrons. The lowest BCUT2D eigenvalue weighted by Gasteiger charge is -2.36. The van der Waals surface area contributed by atoms with Crippen LogP contribution in [0.2, 0.25) is 0 Å². The van der Waals surface area contributed by atoms with Gasteiger partial charge in [-0.05, 0) is 51.6 Å². The third kappa shape index (κ3) is 4.47. The summed E-state index contributed by atoms with van der Waals surface area (Å²) >= 11 is 0. The fourth-order valence-corrected chi connectivity index (χ4v) is 3.27. The number of hydrogen-bond donors (Lipinski definition) is 1. The summed E-state index contributed by atoms with van der Waals surface area (Å²) in [6.07, 6.45) is 7.12. The van der Waals surface area contributed by atoms with Crippen molar-refractivity contribution >= 4 is 11.8 Å². The smallest absolute Gasteiger partial charge is 0.242 e. The molecule has 1 N–H and O–H groups in total. The Kier molecular flexibility index (Phi) is 5.83. The van der Waals surface area contributed by atoms with Gasteiger partial charge < -0.3 is 15.1 Å². The SMILES string of the molecule is CC(=O)NCC(=O)N1CCCCC1CCN1CCCC1. The van der Waals surface area contributed by atoms with Crippen LogP contribution in [0.15, 0.2) is 0 Å². The second-order valence-electron chi connectivity index (χ2n) is 5.98. The lowest BCUT2D eigenvalue weighted by atomic mass is 9.99. The minimum absolute atomic E-state index is 0.0753. The Balaban J connectivity index is 1.80. The molecule has 5 nitrogen and oxygen atoms in total. The average Bonchev–Trinajstić information content (AvgIpc) is 2.96. The summed E-state index contributed by atoms with van der Waals surface area (Å²) in [5.41, 5.74) is 0. The number of rotatable bonds is 5. The number of hydrogen-bond acceptors (Lipinski definition) is 3. The third-order valence-electron chi connectivity index (χ3n) is 4.41. The first kappa shape index (κ1) is 15.3. The summed E-state index contributed by atoms with van der Waals surface area (Å²) in [6.45, 7) is 5.99.